The normalized spacial score (nSPS) is 14.2. The molecule has 5 nitrogen and oxygen atoms in total. The molecule has 0 aliphatic rings. The highest BCUT2D eigenvalue weighted by Crippen LogP contribution is 2.17. The lowest BCUT2D eigenvalue weighted by molar-refractivity contribution is -0.125. The van der Waals surface area contributed by atoms with E-state index in [-0.39, 0.29) is 11.7 Å². The highest BCUT2D eigenvalue weighted by Gasteiger charge is 2.22. The Labute approximate surface area is 137 Å². The summed E-state index contributed by atoms with van der Waals surface area (Å²) >= 11 is 5.76. The zero-order chi connectivity index (χ0) is 16.8. The molecular formula is C15H22ClNO4S. The van der Waals surface area contributed by atoms with Gasteiger partial charge in [0.1, 0.15) is 5.75 Å². The van der Waals surface area contributed by atoms with Gasteiger partial charge in [0, 0.05) is 5.02 Å². The van der Waals surface area contributed by atoms with Gasteiger partial charge in [-0.2, -0.15) is 0 Å². The molecule has 0 fully saturated rings. The first-order chi connectivity index (χ1) is 10.2. The Bertz CT molecular complexity index is 586. The van der Waals surface area contributed by atoms with E-state index in [0.717, 1.165) is 12.8 Å². The molecule has 1 aromatic rings. The Hall–Kier alpha value is -1.27. The highest BCUT2D eigenvalue weighted by molar-refractivity contribution is 7.90. The summed E-state index contributed by atoms with van der Waals surface area (Å²) in [6, 6.07) is 6.49. The van der Waals surface area contributed by atoms with Gasteiger partial charge in [-0.3, -0.25) is 4.79 Å². The number of benzene rings is 1. The van der Waals surface area contributed by atoms with Crippen molar-refractivity contribution in [2.24, 2.45) is 5.92 Å². The summed E-state index contributed by atoms with van der Waals surface area (Å²) in [7, 11) is -3.65. The molecule has 0 saturated heterocycles. The number of sulfonamides is 1. The van der Waals surface area contributed by atoms with Gasteiger partial charge in [-0.05, 0) is 43.5 Å². The van der Waals surface area contributed by atoms with Gasteiger partial charge in [0.15, 0.2) is 6.10 Å². The van der Waals surface area contributed by atoms with E-state index in [4.69, 9.17) is 16.3 Å². The second-order valence-corrected chi connectivity index (χ2v) is 7.56. The second kappa shape index (κ2) is 8.39. The molecule has 1 amide bonds. The average molecular weight is 348 g/mol. The zero-order valence-corrected chi connectivity index (χ0v) is 14.6. The lowest BCUT2D eigenvalue weighted by atomic mass is 10.1. The molecule has 0 aliphatic heterocycles. The summed E-state index contributed by atoms with van der Waals surface area (Å²) in [4.78, 5) is 11.9. The van der Waals surface area contributed by atoms with Crippen LogP contribution in [0.2, 0.25) is 5.02 Å². The third kappa shape index (κ3) is 6.66. The van der Waals surface area contributed by atoms with Crippen LogP contribution in [-0.2, 0) is 14.8 Å². The zero-order valence-electron chi connectivity index (χ0n) is 13.0. The molecule has 0 spiro atoms. The lowest BCUT2D eigenvalue weighted by Gasteiger charge is -2.16. The van der Waals surface area contributed by atoms with Crippen molar-refractivity contribution in [1.82, 2.24) is 4.72 Å². The molecule has 124 valence electrons. The van der Waals surface area contributed by atoms with Crippen LogP contribution < -0.4 is 9.46 Å². The molecule has 0 heterocycles. The maximum atomic E-state index is 11.9. The second-order valence-electron chi connectivity index (χ2n) is 5.36. The van der Waals surface area contributed by atoms with Gasteiger partial charge in [-0.25, -0.2) is 13.1 Å². The van der Waals surface area contributed by atoms with Crippen molar-refractivity contribution >= 4 is 27.5 Å². The van der Waals surface area contributed by atoms with Crippen molar-refractivity contribution in [1.29, 1.82) is 0 Å². The average Bonchev–Trinajstić information content (AvgIpc) is 2.40. The van der Waals surface area contributed by atoms with Gasteiger partial charge in [-0.1, -0.05) is 31.9 Å². The molecule has 2 unspecified atom stereocenters. The van der Waals surface area contributed by atoms with Gasteiger partial charge in [-0.15, -0.1) is 0 Å². The third-order valence-corrected chi connectivity index (χ3v) is 4.81. The first-order valence-corrected chi connectivity index (χ1v) is 9.23. The molecule has 0 aliphatic carbocycles. The van der Waals surface area contributed by atoms with Gasteiger partial charge in [0.05, 0.1) is 5.75 Å². The topological polar surface area (TPSA) is 72.5 Å². The SMILES string of the molecule is CCCC(C)CS(=O)(=O)NC(=O)C(C)Oc1ccc(Cl)cc1. The predicted octanol–water partition coefficient (Wildman–Crippen LogP) is 2.99. The number of rotatable bonds is 8. The molecule has 0 aromatic heterocycles. The Morgan fingerprint density at radius 2 is 1.86 bits per heavy atom. The van der Waals surface area contributed by atoms with Crippen molar-refractivity contribution in [3.8, 4) is 5.75 Å². The summed E-state index contributed by atoms with van der Waals surface area (Å²) in [5, 5.41) is 0.553. The third-order valence-electron chi connectivity index (χ3n) is 3.04. The molecule has 0 radical (unpaired) electrons. The number of carbonyl (C=O) groups excluding carboxylic acids is 1. The minimum Gasteiger partial charge on any atom is -0.481 e. The van der Waals surface area contributed by atoms with Crippen molar-refractivity contribution in [3.05, 3.63) is 29.3 Å². The molecule has 1 rings (SSSR count). The Morgan fingerprint density at radius 1 is 1.27 bits per heavy atom. The quantitative estimate of drug-likeness (QED) is 0.784. The predicted molar refractivity (Wildman–Crippen MR) is 87.5 cm³/mol. The number of carbonyl (C=O) groups is 1. The maximum Gasteiger partial charge on any atom is 0.274 e. The van der Waals surface area contributed by atoms with Crippen molar-refractivity contribution in [2.45, 2.75) is 39.7 Å². The standard InChI is InChI=1S/C15H22ClNO4S/c1-4-5-11(2)10-22(19,20)17-15(18)12(3)21-14-8-6-13(16)7-9-14/h6-9,11-12H,4-5,10H2,1-3H3,(H,17,18). The fraction of sp³-hybridized carbons (Fsp3) is 0.533. The number of amides is 1. The molecule has 22 heavy (non-hydrogen) atoms. The minimum absolute atomic E-state index is 0.00258. The number of ether oxygens (including phenoxy) is 1. The van der Waals surface area contributed by atoms with E-state index in [1.165, 1.54) is 6.92 Å². The molecule has 1 aromatic carbocycles. The molecule has 2 atom stereocenters. The maximum absolute atomic E-state index is 11.9. The Kier molecular flexibility index (Phi) is 7.16. The van der Waals surface area contributed by atoms with Crippen LogP contribution in [0.5, 0.6) is 5.75 Å². The fourth-order valence-corrected chi connectivity index (χ4v) is 3.60. The van der Waals surface area contributed by atoms with Crippen LogP contribution in [0.1, 0.15) is 33.6 Å². The van der Waals surface area contributed by atoms with E-state index in [1.54, 1.807) is 24.3 Å². The fourth-order valence-electron chi connectivity index (χ4n) is 2.00. The van der Waals surface area contributed by atoms with E-state index in [2.05, 4.69) is 4.72 Å². The van der Waals surface area contributed by atoms with Crippen molar-refractivity contribution in [2.75, 3.05) is 5.75 Å². The minimum atomic E-state index is -3.65. The van der Waals surface area contributed by atoms with Crippen LogP contribution in [-0.4, -0.2) is 26.2 Å². The molecule has 7 heteroatoms. The first-order valence-electron chi connectivity index (χ1n) is 7.20. The van der Waals surface area contributed by atoms with Gasteiger partial charge < -0.3 is 4.74 Å². The number of nitrogens with one attached hydrogen (secondary N) is 1. The van der Waals surface area contributed by atoms with Gasteiger partial charge >= 0.3 is 0 Å². The van der Waals surface area contributed by atoms with Gasteiger partial charge in [0.2, 0.25) is 10.0 Å². The van der Waals surface area contributed by atoms with E-state index >= 15 is 0 Å². The monoisotopic (exact) mass is 347 g/mol. The molecule has 1 N–H and O–H groups in total. The summed E-state index contributed by atoms with van der Waals surface area (Å²) < 4.78 is 31.3. The van der Waals surface area contributed by atoms with Crippen molar-refractivity contribution in [3.63, 3.8) is 0 Å². The van der Waals surface area contributed by atoms with Gasteiger partial charge in [0.25, 0.3) is 5.91 Å². The summed E-state index contributed by atoms with van der Waals surface area (Å²) in [5.74, 6) is -0.300. The highest BCUT2D eigenvalue weighted by atomic mass is 35.5. The van der Waals surface area contributed by atoms with Crippen LogP contribution in [0.15, 0.2) is 24.3 Å². The van der Waals surface area contributed by atoms with Crippen LogP contribution in [0.4, 0.5) is 0 Å². The van der Waals surface area contributed by atoms with Crippen LogP contribution in [0.25, 0.3) is 0 Å². The van der Waals surface area contributed by atoms with Crippen LogP contribution in [0.3, 0.4) is 0 Å². The lowest BCUT2D eigenvalue weighted by Crippen LogP contribution is -2.41. The Balaban J connectivity index is 2.57. The largest absolute Gasteiger partial charge is 0.481 e. The van der Waals surface area contributed by atoms with E-state index in [9.17, 15) is 13.2 Å². The molecule has 0 bridgehead atoms. The Morgan fingerprint density at radius 3 is 2.41 bits per heavy atom. The summed E-state index contributed by atoms with van der Waals surface area (Å²) in [6.45, 7) is 5.33. The summed E-state index contributed by atoms with van der Waals surface area (Å²) in [6.07, 6.45) is 0.782. The molecule has 0 saturated carbocycles. The number of halogens is 1. The van der Waals surface area contributed by atoms with E-state index in [1.807, 2.05) is 13.8 Å². The van der Waals surface area contributed by atoms with Crippen LogP contribution in [0, 0.1) is 5.92 Å². The first kappa shape index (κ1) is 18.8. The number of hydrogen-bond acceptors (Lipinski definition) is 4. The van der Waals surface area contributed by atoms with Crippen LogP contribution >= 0.6 is 11.6 Å². The summed E-state index contributed by atoms with van der Waals surface area (Å²) in [5.41, 5.74) is 0. The van der Waals surface area contributed by atoms with E-state index < -0.39 is 22.0 Å². The van der Waals surface area contributed by atoms with E-state index in [0.29, 0.717) is 10.8 Å². The molecular weight excluding hydrogens is 326 g/mol. The van der Waals surface area contributed by atoms with Crippen molar-refractivity contribution < 1.29 is 17.9 Å². The smallest absolute Gasteiger partial charge is 0.274 e. The number of hydrogen-bond donors (Lipinski definition) is 1.